The maximum Gasteiger partial charge on any atom is 0.270 e. The van der Waals surface area contributed by atoms with E-state index in [4.69, 9.17) is 16.3 Å². The number of nitro groups is 1. The van der Waals surface area contributed by atoms with Crippen LogP contribution < -0.4 is 4.74 Å². The number of rotatable bonds is 6. The SMILES string of the molecule is O=C(/C=C/c1cccc([N+](=O)[O-])c1)N1CCN(C(=O)COc2ccc(Cl)cc2)CC1. The summed E-state index contributed by atoms with van der Waals surface area (Å²) in [6.45, 7) is 1.57. The quantitative estimate of drug-likeness (QED) is 0.400. The lowest BCUT2D eigenvalue weighted by molar-refractivity contribution is -0.384. The van der Waals surface area contributed by atoms with E-state index < -0.39 is 4.92 Å². The molecule has 0 spiro atoms. The third-order valence-corrected chi connectivity index (χ3v) is 4.87. The lowest BCUT2D eigenvalue weighted by Crippen LogP contribution is -2.51. The predicted molar refractivity (Wildman–Crippen MR) is 112 cm³/mol. The second-order valence-corrected chi connectivity index (χ2v) is 7.07. The van der Waals surface area contributed by atoms with Crippen molar-refractivity contribution in [2.24, 2.45) is 0 Å². The first-order valence-electron chi connectivity index (χ1n) is 9.30. The molecule has 3 rings (SSSR count). The zero-order valence-corrected chi connectivity index (χ0v) is 16.8. The maximum atomic E-state index is 12.4. The zero-order valence-electron chi connectivity index (χ0n) is 16.1. The van der Waals surface area contributed by atoms with Crippen LogP contribution in [0.15, 0.2) is 54.6 Å². The van der Waals surface area contributed by atoms with Gasteiger partial charge >= 0.3 is 0 Å². The van der Waals surface area contributed by atoms with Crippen molar-refractivity contribution in [2.75, 3.05) is 32.8 Å². The van der Waals surface area contributed by atoms with Gasteiger partial charge in [0.05, 0.1) is 4.92 Å². The van der Waals surface area contributed by atoms with Gasteiger partial charge in [0.2, 0.25) is 5.91 Å². The van der Waals surface area contributed by atoms with Gasteiger partial charge in [0.15, 0.2) is 6.61 Å². The molecule has 1 saturated heterocycles. The average Bonchev–Trinajstić information content (AvgIpc) is 2.77. The fourth-order valence-electron chi connectivity index (χ4n) is 2.96. The van der Waals surface area contributed by atoms with Crippen molar-refractivity contribution < 1.29 is 19.2 Å². The second kappa shape index (κ2) is 9.89. The number of non-ortho nitro benzene ring substituents is 1. The molecule has 9 heteroatoms. The van der Waals surface area contributed by atoms with Crippen LogP contribution in [-0.4, -0.2) is 59.3 Å². The van der Waals surface area contributed by atoms with Gasteiger partial charge in [-0.15, -0.1) is 0 Å². The normalized spacial score (nSPS) is 14.0. The molecule has 0 atom stereocenters. The Labute approximate surface area is 178 Å². The van der Waals surface area contributed by atoms with Crippen LogP contribution in [0.3, 0.4) is 0 Å². The molecule has 30 heavy (non-hydrogen) atoms. The van der Waals surface area contributed by atoms with Crippen LogP contribution in [0.5, 0.6) is 5.75 Å². The molecule has 1 aliphatic heterocycles. The fraction of sp³-hybridized carbons (Fsp3) is 0.238. The molecular formula is C21H20ClN3O5. The number of carbonyl (C=O) groups excluding carboxylic acids is 2. The molecule has 1 fully saturated rings. The highest BCUT2D eigenvalue weighted by atomic mass is 35.5. The van der Waals surface area contributed by atoms with Crippen molar-refractivity contribution in [1.29, 1.82) is 0 Å². The monoisotopic (exact) mass is 429 g/mol. The van der Waals surface area contributed by atoms with Gasteiger partial charge in [-0.3, -0.25) is 19.7 Å². The van der Waals surface area contributed by atoms with E-state index in [1.54, 1.807) is 52.3 Å². The number of nitro benzene ring substituents is 1. The van der Waals surface area contributed by atoms with E-state index in [1.165, 1.54) is 18.2 Å². The van der Waals surface area contributed by atoms with Gasteiger partial charge in [-0.1, -0.05) is 23.7 Å². The van der Waals surface area contributed by atoms with Gasteiger partial charge in [-0.25, -0.2) is 0 Å². The molecule has 0 aliphatic carbocycles. The summed E-state index contributed by atoms with van der Waals surface area (Å²) in [7, 11) is 0. The molecule has 2 amide bonds. The van der Waals surface area contributed by atoms with Crippen molar-refractivity contribution in [3.05, 3.63) is 75.3 Å². The summed E-state index contributed by atoms with van der Waals surface area (Å²) < 4.78 is 5.47. The number of halogens is 1. The molecule has 1 heterocycles. The van der Waals surface area contributed by atoms with Gasteiger partial charge in [0, 0.05) is 49.4 Å². The number of piperazine rings is 1. The van der Waals surface area contributed by atoms with Crippen molar-refractivity contribution in [2.45, 2.75) is 0 Å². The van der Waals surface area contributed by atoms with Crippen molar-refractivity contribution in [1.82, 2.24) is 9.80 Å². The molecular weight excluding hydrogens is 410 g/mol. The highest BCUT2D eigenvalue weighted by molar-refractivity contribution is 6.30. The summed E-state index contributed by atoms with van der Waals surface area (Å²) in [5, 5.41) is 11.4. The second-order valence-electron chi connectivity index (χ2n) is 6.63. The topological polar surface area (TPSA) is 93.0 Å². The number of amides is 2. The van der Waals surface area contributed by atoms with Gasteiger partial charge in [0.25, 0.3) is 11.6 Å². The van der Waals surface area contributed by atoms with Crippen molar-refractivity contribution in [3.8, 4) is 5.75 Å². The highest BCUT2D eigenvalue weighted by Gasteiger charge is 2.23. The third kappa shape index (κ3) is 5.81. The number of hydrogen-bond acceptors (Lipinski definition) is 5. The van der Waals surface area contributed by atoms with Crippen LogP contribution in [0.25, 0.3) is 6.08 Å². The van der Waals surface area contributed by atoms with Crippen LogP contribution in [0.4, 0.5) is 5.69 Å². The number of ether oxygens (including phenoxy) is 1. The Morgan fingerprint density at radius 3 is 2.40 bits per heavy atom. The molecule has 8 nitrogen and oxygen atoms in total. The smallest absolute Gasteiger partial charge is 0.270 e. The Morgan fingerprint density at radius 1 is 1.07 bits per heavy atom. The number of nitrogens with zero attached hydrogens (tertiary/aromatic N) is 3. The first kappa shape index (κ1) is 21.3. The zero-order chi connectivity index (χ0) is 21.5. The Morgan fingerprint density at radius 2 is 1.73 bits per heavy atom. The highest BCUT2D eigenvalue weighted by Crippen LogP contribution is 2.16. The molecule has 0 radical (unpaired) electrons. The van der Waals surface area contributed by atoms with Gasteiger partial charge < -0.3 is 14.5 Å². The first-order valence-corrected chi connectivity index (χ1v) is 9.68. The predicted octanol–water partition coefficient (Wildman–Crippen LogP) is 3.01. The van der Waals surface area contributed by atoms with E-state index in [2.05, 4.69) is 0 Å². The van der Waals surface area contributed by atoms with Gasteiger partial charge in [-0.05, 0) is 35.9 Å². The minimum atomic E-state index is -0.480. The van der Waals surface area contributed by atoms with Crippen LogP contribution in [0.1, 0.15) is 5.56 Å². The van der Waals surface area contributed by atoms with E-state index in [1.807, 2.05) is 0 Å². The molecule has 0 saturated carbocycles. The lowest BCUT2D eigenvalue weighted by atomic mass is 10.2. The largest absolute Gasteiger partial charge is 0.484 e. The van der Waals surface area contributed by atoms with Crippen molar-refractivity contribution in [3.63, 3.8) is 0 Å². The summed E-state index contributed by atoms with van der Waals surface area (Å²) in [5.74, 6) is 0.211. The number of hydrogen-bond donors (Lipinski definition) is 0. The summed E-state index contributed by atoms with van der Waals surface area (Å²) >= 11 is 5.82. The summed E-state index contributed by atoms with van der Waals surface area (Å²) in [6.07, 6.45) is 2.94. The maximum absolute atomic E-state index is 12.4. The molecule has 2 aromatic carbocycles. The minimum absolute atomic E-state index is 0.0301. The summed E-state index contributed by atoms with van der Waals surface area (Å²) in [4.78, 5) is 38.3. The van der Waals surface area contributed by atoms with Gasteiger partial charge in [-0.2, -0.15) is 0 Å². The third-order valence-electron chi connectivity index (χ3n) is 4.62. The van der Waals surface area contributed by atoms with Crippen LogP contribution in [0, 0.1) is 10.1 Å². The van der Waals surface area contributed by atoms with Crippen LogP contribution >= 0.6 is 11.6 Å². The Balaban J connectivity index is 1.46. The molecule has 0 N–H and O–H groups in total. The number of benzene rings is 2. The van der Waals surface area contributed by atoms with E-state index in [0.717, 1.165) is 0 Å². The van der Waals surface area contributed by atoms with Crippen molar-refractivity contribution >= 4 is 35.2 Å². The summed E-state index contributed by atoms with van der Waals surface area (Å²) in [5.41, 5.74) is 0.545. The Hall–Kier alpha value is -3.39. The lowest BCUT2D eigenvalue weighted by Gasteiger charge is -2.34. The molecule has 0 unspecified atom stereocenters. The van der Waals surface area contributed by atoms with Gasteiger partial charge in [0.1, 0.15) is 5.75 Å². The minimum Gasteiger partial charge on any atom is -0.484 e. The average molecular weight is 430 g/mol. The fourth-order valence-corrected chi connectivity index (χ4v) is 3.08. The van der Waals surface area contributed by atoms with E-state index in [-0.39, 0.29) is 24.1 Å². The molecule has 156 valence electrons. The van der Waals surface area contributed by atoms with E-state index in [0.29, 0.717) is 42.5 Å². The molecule has 0 bridgehead atoms. The Kier molecular flexibility index (Phi) is 7.03. The molecule has 0 aromatic heterocycles. The molecule has 2 aromatic rings. The van der Waals surface area contributed by atoms with E-state index >= 15 is 0 Å². The first-order chi connectivity index (χ1) is 14.4. The van der Waals surface area contributed by atoms with Crippen LogP contribution in [-0.2, 0) is 9.59 Å². The van der Waals surface area contributed by atoms with E-state index in [9.17, 15) is 19.7 Å². The standard InChI is InChI=1S/C21H20ClN3O5/c22-17-5-7-19(8-6-17)30-15-21(27)24-12-10-23(11-13-24)20(26)9-4-16-2-1-3-18(14-16)25(28)29/h1-9,14H,10-13,15H2/b9-4+. The number of carbonyl (C=O) groups is 2. The Bertz CT molecular complexity index is 953. The summed E-state index contributed by atoms with van der Waals surface area (Å²) in [6, 6.07) is 12.8. The molecule has 1 aliphatic rings. The van der Waals surface area contributed by atoms with Crippen LogP contribution in [0.2, 0.25) is 5.02 Å².